The van der Waals surface area contributed by atoms with Crippen LogP contribution < -0.4 is 0 Å². The number of carbonyl (C=O) groups excluding carboxylic acids is 1. The van der Waals surface area contributed by atoms with E-state index in [1.807, 2.05) is 18.4 Å². The Morgan fingerprint density at radius 2 is 2.31 bits per heavy atom. The molecule has 0 bridgehead atoms. The number of halogens is 2. The normalized spacial score (nSPS) is 12.9. The van der Waals surface area contributed by atoms with Crippen molar-refractivity contribution >= 4 is 51.0 Å². The topological polar surface area (TPSA) is 34.9 Å². The molecule has 0 radical (unpaired) electrons. The van der Waals surface area contributed by atoms with Gasteiger partial charge >= 0.3 is 0 Å². The average molecular weight is 404 g/mol. The molecule has 0 aliphatic carbocycles. The first-order valence-corrected chi connectivity index (χ1v) is 6.14. The Morgan fingerprint density at radius 1 is 1.69 bits per heavy atom. The Balaban J connectivity index is 2.95. The van der Waals surface area contributed by atoms with Gasteiger partial charge in [-0.15, -0.1) is 0 Å². The van der Waals surface area contributed by atoms with Gasteiger partial charge in [-0.2, -0.15) is 0 Å². The summed E-state index contributed by atoms with van der Waals surface area (Å²) >= 11 is 4.37. The second-order valence-corrected chi connectivity index (χ2v) is 4.77. The van der Waals surface area contributed by atoms with Crippen molar-refractivity contribution in [3.05, 3.63) is 13.7 Å². The van der Waals surface area contributed by atoms with Crippen LogP contribution in [0, 0.1) is 7.40 Å². The maximum absolute atomic E-state index is 11.4. The Hall–Kier alpha value is 0.340. The van der Waals surface area contributed by atoms with E-state index in [0.717, 1.165) is 7.40 Å². The van der Waals surface area contributed by atoms with Crippen molar-refractivity contribution in [2.24, 2.45) is 0 Å². The van der Waals surface area contributed by atoms with Gasteiger partial charge in [0, 0.05) is 6.42 Å². The minimum absolute atomic E-state index is 0.0899. The van der Waals surface area contributed by atoms with Gasteiger partial charge in [-0.05, 0) is 52.1 Å². The number of carbonyl (C=O) groups is 1. The lowest BCUT2D eigenvalue weighted by Crippen LogP contribution is -2.15. The third kappa shape index (κ3) is 2.42. The lowest BCUT2D eigenvalue weighted by molar-refractivity contribution is -0.121. The maximum Gasteiger partial charge on any atom is 0.155 e. The molecule has 0 fully saturated rings. The van der Waals surface area contributed by atoms with Gasteiger partial charge in [-0.1, -0.05) is 6.92 Å². The summed E-state index contributed by atoms with van der Waals surface area (Å²) in [5, 5.41) is 0. The van der Waals surface area contributed by atoms with E-state index < -0.39 is 0 Å². The van der Waals surface area contributed by atoms with Gasteiger partial charge in [0.15, 0.2) is 5.78 Å². The molecule has 0 saturated heterocycles. The zero-order valence-corrected chi connectivity index (χ0v) is 11.7. The van der Waals surface area contributed by atoms with Gasteiger partial charge in [-0.3, -0.25) is 4.79 Å². The van der Waals surface area contributed by atoms with Gasteiger partial charge in [0.2, 0.25) is 0 Å². The summed E-state index contributed by atoms with van der Waals surface area (Å²) in [5.74, 6) is 0.242. The minimum Gasteiger partial charge on any atom is -0.315 e. The summed E-state index contributed by atoms with van der Waals surface area (Å²) in [5.41, 5.74) is 0. The quantitative estimate of drug-likeness (QED) is 0.727. The van der Waals surface area contributed by atoms with Crippen LogP contribution in [-0.2, 0) is 4.79 Å². The summed E-state index contributed by atoms with van der Waals surface area (Å²) in [4.78, 5) is 15.6. The fraction of sp³-hybridized carbons (Fsp3) is 0.500. The van der Waals surface area contributed by atoms with E-state index in [1.165, 1.54) is 0 Å². The van der Waals surface area contributed by atoms with E-state index in [-0.39, 0.29) is 11.8 Å². The summed E-state index contributed by atoms with van der Waals surface area (Å²) in [7, 11) is 0. The van der Waals surface area contributed by atoms with E-state index in [1.54, 1.807) is 6.33 Å². The third-order valence-corrected chi connectivity index (χ3v) is 4.81. The molecule has 0 saturated carbocycles. The average Bonchev–Trinajstić information content (AvgIpc) is 2.45. The number of Topliss-reactive ketones (excluding diaryl/α,β-unsaturated/α-hetero) is 1. The number of ketones is 1. The van der Waals surface area contributed by atoms with Crippen molar-refractivity contribution in [1.29, 1.82) is 0 Å². The van der Waals surface area contributed by atoms with Crippen LogP contribution in [0.25, 0.3) is 0 Å². The summed E-state index contributed by atoms with van der Waals surface area (Å²) in [6.07, 6.45) is 2.30. The molecule has 1 unspecified atom stereocenters. The Kier molecular flexibility index (Phi) is 4.14. The van der Waals surface area contributed by atoms with Crippen molar-refractivity contribution in [1.82, 2.24) is 9.55 Å². The highest BCUT2D eigenvalue weighted by atomic mass is 127. The van der Waals surface area contributed by atoms with Crippen LogP contribution in [0.15, 0.2) is 6.33 Å². The molecule has 0 amide bonds. The zero-order valence-electron chi connectivity index (χ0n) is 7.42. The summed E-state index contributed by atoms with van der Waals surface area (Å²) < 4.78 is 3.90. The molecule has 1 aromatic heterocycles. The van der Waals surface area contributed by atoms with Crippen molar-refractivity contribution in [3.63, 3.8) is 0 Å². The number of imidazole rings is 1. The van der Waals surface area contributed by atoms with Crippen molar-refractivity contribution in [3.8, 4) is 0 Å². The number of hydrogen-bond donors (Lipinski definition) is 0. The zero-order chi connectivity index (χ0) is 10.0. The molecule has 3 nitrogen and oxygen atoms in total. The van der Waals surface area contributed by atoms with Crippen LogP contribution in [0.4, 0.5) is 0 Å². The highest BCUT2D eigenvalue weighted by Gasteiger charge is 2.16. The van der Waals surface area contributed by atoms with Crippen LogP contribution in [-0.4, -0.2) is 15.3 Å². The molecule has 0 N–H and O–H groups in total. The molecule has 0 spiro atoms. The lowest BCUT2D eigenvalue weighted by Gasteiger charge is -2.11. The van der Waals surface area contributed by atoms with Gasteiger partial charge in [0.25, 0.3) is 0 Å². The number of aromatic nitrogens is 2. The summed E-state index contributed by atoms with van der Waals surface area (Å²) in [6, 6.07) is -0.0899. The number of rotatable bonds is 3. The molecule has 1 heterocycles. The standard InChI is InChI=1S/C8H10I2N2O/c1-3-6(13)5(2)12-4-11-7(9)8(12)10/h4-5H,3H2,1-2H3. The Labute approximate surface area is 105 Å². The first-order chi connectivity index (χ1) is 6.07. The monoisotopic (exact) mass is 404 g/mol. The lowest BCUT2D eigenvalue weighted by atomic mass is 10.2. The van der Waals surface area contributed by atoms with Crippen LogP contribution in [0.5, 0.6) is 0 Å². The second-order valence-electron chi connectivity index (χ2n) is 2.73. The fourth-order valence-electron chi connectivity index (χ4n) is 1.04. The van der Waals surface area contributed by atoms with E-state index in [4.69, 9.17) is 0 Å². The van der Waals surface area contributed by atoms with Crippen LogP contribution in [0.1, 0.15) is 26.3 Å². The number of nitrogens with zero attached hydrogens (tertiary/aromatic N) is 2. The molecular formula is C8H10I2N2O. The van der Waals surface area contributed by atoms with Gasteiger partial charge in [0.1, 0.15) is 7.40 Å². The molecule has 0 aromatic carbocycles. The first kappa shape index (κ1) is 11.4. The fourth-order valence-corrected chi connectivity index (χ4v) is 2.13. The van der Waals surface area contributed by atoms with E-state index in [9.17, 15) is 4.79 Å². The van der Waals surface area contributed by atoms with E-state index in [2.05, 4.69) is 50.2 Å². The van der Waals surface area contributed by atoms with Gasteiger partial charge < -0.3 is 4.57 Å². The molecule has 13 heavy (non-hydrogen) atoms. The highest BCUT2D eigenvalue weighted by molar-refractivity contribution is 14.1. The van der Waals surface area contributed by atoms with E-state index in [0.29, 0.717) is 6.42 Å². The van der Waals surface area contributed by atoms with Crippen molar-refractivity contribution in [2.45, 2.75) is 26.3 Å². The molecule has 1 atom stereocenters. The van der Waals surface area contributed by atoms with Gasteiger partial charge in [-0.25, -0.2) is 4.98 Å². The molecule has 0 aliphatic heterocycles. The third-order valence-electron chi connectivity index (χ3n) is 1.92. The largest absolute Gasteiger partial charge is 0.315 e. The van der Waals surface area contributed by atoms with Crippen LogP contribution in [0.2, 0.25) is 0 Å². The van der Waals surface area contributed by atoms with Crippen LogP contribution in [0.3, 0.4) is 0 Å². The Morgan fingerprint density at radius 3 is 2.69 bits per heavy atom. The Bertz CT molecular complexity index is 322. The second kappa shape index (κ2) is 4.72. The molecule has 72 valence electrons. The SMILES string of the molecule is CCC(=O)C(C)n1cnc(I)c1I. The van der Waals surface area contributed by atoms with Crippen LogP contribution >= 0.6 is 45.2 Å². The smallest absolute Gasteiger partial charge is 0.155 e. The summed E-state index contributed by atoms with van der Waals surface area (Å²) in [6.45, 7) is 3.79. The molecule has 5 heteroatoms. The van der Waals surface area contributed by atoms with E-state index >= 15 is 0 Å². The number of hydrogen-bond acceptors (Lipinski definition) is 2. The van der Waals surface area contributed by atoms with Gasteiger partial charge in [0.05, 0.1) is 12.4 Å². The molecule has 1 aromatic rings. The van der Waals surface area contributed by atoms with Crippen molar-refractivity contribution in [2.75, 3.05) is 0 Å². The molecule has 0 aliphatic rings. The highest BCUT2D eigenvalue weighted by Crippen LogP contribution is 2.18. The first-order valence-electron chi connectivity index (χ1n) is 3.98. The maximum atomic E-state index is 11.4. The predicted octanol–water partition coefficient (Wildman–Crippen LogP) is 2.63. The minimum atomic E-state index is -0.0899. The van der Waals surface area contributed by atoms with Crippen molar-refractivity contribution < 1.29 is 4.79 Å². The predicted molar refractivity (Wildman–Crippen MR) is 67.7 cm³/mol. The molecular weight excluding hydrogens is 394 g/mol. The molecule has 1 rings (SSSR count).